The lowest BCUT2D eigenvalue weighted by Crippen LogP contribution is -2.01. The van der Waals surface area contributed by atoms with E-state index in [1.807, 2.05) is 18.4 Å². The van der Waals surface area contributed by atoms with Crippen molar-refractivity contribution in [1.82, 2.24) is 0 Å². The van der Waals surface area contributed by atoms with Crippen molar-refractivity contribution in [2.75, 3.05) is 7.11 Å². The number of aliphatic hydroxyl groups excluding tert-OH is 1. The molecule has 1 heterocycles. The summed E-state index contributed by atoms with van der Waals surface area (Å²) >= 11 is 7.51. The predicted octanol–water partition coefficient (Wildman–Crippen LogP) is 3.80. The summed E-state index contributed by atoms with van der Waals surface area (Å²) in [5.41, 5.74) is 1.61. The Labute approximate surface area is 109 Å². The Morgan fingerprint density at radius 3 is 2.71 bits per heavy atom. The van der Waals surface area contributed by atoms with E-state index in [0.29, 0.717) is 10.8 Å². The van der Waals surface area contributed by atoms with E-state index in [9.17, 15) is 5.11 Å². The molecule has 0 bridgehead atoms. The van der Waals surface area contributed by atoms with Gasteiger partial charge < -0.3 is 9.84 Å². The van der Waals surface area contributed by atoms with Crippen molar-refractivity contribution >= 4 is 22.9 Å². The van der Waals surface area contributed by atoms with E-state index < -0.39 is 6.10 Å². The van der Waals surface area contributed by atoms with Gasteiger partial charge in [-0.15, -0.1) is 11.3 Å². The Morgan fingerprint density at radius 2 is 2.12 bits per heavy atom. The van der Waals surface area contributed by atoms with Crippen molar-refractivity contribution in [3.05, 3.63) is 50.7 Å². The number of thiophene rings is 1. The standard InChI is InChI=1S/C13H13ClO2S/c1-8-5-9(7-17-8)13(15)11-4-3-10(14)6-12(11)16-2/h3-7,13,15H,1-2H3. The van der Waals surface area contributed by atoms with Crippen LogP contribution in [0.25, 0.3) is 0 Å². The second-order valence-electron chi connectivity index (χ2n) is 3.78. The Balaban J connectivity index is 2.39. The topological polar surface area (TPSA) is 29.5 Å². The summed E-state index contributed by atoms with van der Waals surface area (Å²) in [5, 5.41) is 12.8. The second kappa shape index (κ2) is 5.08. The van der Waals surface area contributed by atoms with Gasteiger partial charge in [-0.2, -0.15) is 0 Å². The first-order chi connectivity index (χ1) is 8.11. The van der Waals surface area contributed by atoms with Crippen LogP contribution < -0.4 is 4.74 Å². The van der Waals surface area contributed by atoms with Crippen molar-refractivity contribution in [2.24, 2.45) is 0 Å². The van der Waals surface area contributed by atoms with Gasteiger partial charge in [-0.1, -0.05) is 17.7 Å². The van der Waals surface area contributed by atoms with Gasteiger partial charge in [0.2, 0.25) is 0 Å². The largest absolute Gasteiger partial charge is 0.496 e. The van der Waals surface area contributed by atoms with Crippen LogP contribution in [0.4, 0.5) is 0 Å². The first-order valence-corrected chi connectivity index (χ1v) is 6.44. The molecule has 2 aromatic rings. The minimum absolute atomic E-state index is 0.597. The smallest absolute Gasteiger partial charge is 0.126 e. The number of aryl methyl sites for hydroxylation is 1. The first kappa shape index (κ1) is 12.4. The zero-order chi connectivity index (χ0) is 12.4. The number of ether oxygens (including phenoxy) is 1. The molecule has 1 N–H and O–H groups in total. The van der Waals surface area contributed by atoms with Crippen LogP contribution >= 0.6 is 22.9 Å². The second-order valence-corrected chi connectivity index (χ2v) is 5.33. The number of hydrogen-bond donors (Lipinski definition) is 1. The first-order valence-electron chi connectivity index (χ1n) is 5.18. The number of benzene rings is 1. The quantitative estimate of drug-likeness (QED) is 0.917. The maximum atomic E-state index is 10.3. The summed E-state index contributed by atoms with van der Waals surface area (Å²) in [6, 6.07) is 7.23. The molecule has 2 nitrogen and oxygen atoms in total. The van der Waals surface area contributed by atoms with Crippen LogP contribution in [0.2, 0.25) is 5.02 Å². The average molecular weight is 269 g/mol. The number of hydrogen-bond acceptors (Lipinski definition) is 3. The molecule has 4 heteroatoms. The number of rotatable bonds is 3. The lowest BCUT2D eigenvalue weighted by Gasteiger charge is -2.14. The Bertz CT molecular complexity index is 522. The van der Waals surface area contributed by atoms with Gasteiger partial charge in [-0.3, -0.25) is 0 Å². The molecule has 1 unspecified atom stereocenters. The summed E-state index contributed by atoms with van der Waals surface area (Å²) in [4.78, 5) is 1.17. The predicted molar refractivity (Wildman–Crippen MR) is 71.1 cm³/mol. The van der Waals surface area contributed by atoms with E-state index in [1.54, 1.807) is 36.6 Å². The molecular formula is C13H13ClO2S. The summed E-state index contributed by atoms with van der Waals surface area (Å²) in [5.74, 6) is 0.605. The van der Waals surface area contributed by atoms with Gasteiger partial charge in [0.25, 0.3) is 0 Å². The van der Waals surface area contributed by atoms with Crippen LogP contribution in [0.5, 0.6) is 5.75 Å². The molecule has 17 heavy (non-hydrogen) atoms. The fourth-order valence-electron chi connectivity index (χ4n) is 1.70. The molecular weight excluding hydrogens is 256 g/mol. The third kappa shape index (κ3) is 2.63. The molecule has 0 aliphatic heterocycles. The lowest BCUT2D eigenvalue weighted by molar-refractivity contribution is 0.215. The molecule has 0 saturated heterocycles. The summed E-state index contributed by atoms with van der Waals surface area (Å²) < 4.78 is 5.23. The van der Waals surface area contributed by atoms with Crippen LogP contribution in [0.1, 0.15) is 22.1 Å². The van der Waals surface area contributed by atoms with E-state index >= 15 is 0 Å². The van der Waals surface area contributed by atoms with Crippen molar-refractivity contribution in [2.45, 2.75) is 13.0 Å². The summed E-state index contributed by atoms with van der Waals surface area (Å²) in [6.07, 6.45) is -0.674. The van der Waals surface area contributed by atoms with Gasteiger partial charge in [0.15, 0.2) is 0 Å². The van der Waals surface area contributed by atoms with Crippen molar-refractivity contribution < 1.29 is 9.84 Å². The zero-order valence-electron chi connectivity index (χ0n) is 9.61. The van der Waals surface area contributed by atoms with Crippen molar-refractivity contribution in [3.63, 3.8) is 0 Å². The minimum atomic E-state index is -0.674. The Morgan fingerprint density at radius 1 is 1.35 bits per heavy atom. The number of methoxy groups -OCH3 is 1. The summed E-state index contributed by atoms with van der Waals surface area (Å²) in [6.45, 7) is 2.01. The van der Waals surface area contributed by atoms with Gasteiger partial charge >= 0.3 is 0 Å². The SMILES string of the molecule is COc1cc(Cl)ccc1C(O)c1csc(C)c1. The molecule has 0 spiro atoms. The third-order valence-corrected chi connectivity index (χ3v) is 3.67. The fourth-order valence-corrected chi connectivity index (χ4v) is 2.58. The maximum absolute atomic E-state index is 10.3. The summed E-state index contributed by atoms with van der Waals surface area (Å²) in [7, 11) is 1.57. The average Bonchev–Trinajstić information content (AvgIpc) is 2.75. The van der Waals surface area contributed by atoms with E-state index in [4.69, 9.17) is 16.3 Å². The van der Waals surface area contributed by atoms with E-state index in [1.165, 1.54) is 4.88 Å². The van der Waals surface area contributed by atoms with Crippen molar-refractivity contribution in [1.29, 1.82) is 0 Å². The molecule has 0 aliphatic rings. The van der Waals surface area contributed by atoms with Crippen LogP contribution in [0, 0.1) is 6.92 Å². The molecule has 0 radical (unpaired) electrons. The number of halogens is 1. The van der Waals surface area contributed by atoms with Gasteiger partial charge in [-0.25, -0.2) is 0 Å². The number of aliphatic hydroxyl groups is 1. The van der Waals surface area contributed by atoms with Gasteiger partial charge in [0, 0.05) is 15.5 Å². The van der Waals surface area contributed by atoms with Crippen LogP contribution in [-0.4, -0.2) is 12.2 Å². The van der Waals surface area contributed by atoms with Crippen LogP contribution in [0.3, 0.4) is 0 Å². The molecule has 1 atom stereocenters. The monoisotopic (exact) mass is 268 g/mol. The van der Waals surface area contributed by atoms with Crippen molar-refractivity contribution in [3.8, 4) is 5.75 Å². The van der Waals surface area contributed by atoms with Gasteiger partial charge in [-0.05, 0) is 36.1 Å². The third-order valence-electron chi connectivity index (χ3n) is 2.56. The fraction of sp³-hybridized carbons (Fsp3) is 0.231. The Hall–Kier alpha value is -1.03. The molecule has 1 aromatic heterocycles. The molecule has 1 aromatic carbocycles. The normalized spacial score (nSPS) is 12.5. The lowest BCUT2D eigenvalue weighted by atomic mass is 10.0. The van der Waals surface area contributed by atoms with E-state index in [-0.39, 0.29) is 0 Å². The van der Waals surface area contributed by atoms with E-state index in [0.717, 1.165) is 11.1 Å². The molecule has 0 saturated carbocycles. The maximum Gasteiger partial charge on any atom is 0.126 e. The highest BCUT2D eigenvalue weighted by Gasteiger charge is 2.16. The highest BCUT2D eigenvalue weighted by atomic mass is 35.5. The van der Waals surface area contributed by atoms with Gasteiger partial charge in [0.1, 0.15) is 11.9 Å². The highest BCUT2D eigenvalue weighted by molar-refractivity contribution is 7.10. The Kier molecular flexibility index (Phi) is 3.72. The zero-order valence-corrected chi connectivity index (χ0v) is 11.2. The van der Waals surface area contributed by atoms with Crippen LogP contribution in [-0.2, 0) is 0 Å². The van der Waals surface area contributed by atoms with Gasteiger partial charge in [0.05, 0.1) is 7.11 Å². The van der Waals surface area contributed by atoms with E-state index in [2.05, 4.69) is 0 Å². The molecule has 90 valence electrons. The highest BCUT2D eigenvalue weighted by Crippen LogP contribution is 2.33. The molecule has 2 rings (SSSR count). The molecule has 0 fully saturated rings. The molecule has 0 amide bonds. The minimum Gasteiger partial charge on any atom is -0.496 e. The molecule has 0 aliphatic carbocycles. The van der Waals surface area contributed by atoms with Crippen LogP contribution in [0.15, 0.2) is 29.6 Å².